The van der Waals surface area contributed by atoms with Gasteiger partial charge in [-0.1, -0.05) is 16.8 Å². The zero-order chi connectivity index (χ0) is 18.7. The van der Waals surface area contributed by atoms with Crippen LogP contribution < -0.4 is 0 Å². The number of carbonyl (C=O) groups excluding carboxylic acids is 1. The Hall–Kier alpha value is -2.19. The lowest BCUT2D eigenvalue weighted by molar-refractivity contribution is 0.0669. The number of piperazine rings is 1. The first kappa shape index (κ1) is 18.6. The van der Waals surface area contributed by atoms with Gasteiger partial charge in [0.15, 0.2) is 5.82 Å². The van der Waals surface area contributed by atoms with E-state index in [0.29, 0.717) is 43.6 Å². The molecule has 140 valence electrons. The van der Waals surface area contributed by atoms with Crippen molar-refractivity contribution in [3.63, 3.8) is 0 Å². The van der Waals surface area contributed by atoms with E-state index in [1.165, 1.54) is 18.2 Å². The number of ether oxygens (including phenoxy) is 1. The molecule has 2 aromatic rings. The Morgan fingerprint density at radius 2 is 2.12 bits per heavy atom. The van der Waals surface area contributed by atoms with Crippen LogP contribution in [0.1, 0.15) is 25.7 Å². The summed E-state index contributed by atoms with van der Waals surface area (Å²) in [4.78, 5) is 19.9. The molecule has 0 bridgehead atoms. The van der Waals surface area contributed by atoms with Crippen LogP contribution in [0.4, 0.5) is 9.18 Å². The second-order valence-corrected chi connectivity index (χ2v) is 6.42. The van der Waals surface area contributed by atoms with Gasteiger partial charge in [-0.25, -0.2) is 9.18 Å². The number of nitrogens with zero attached hydrogens (tertiary/aromatic N) is 4. The molecule has 0 saturated carbocycles. The molecule has 26 heavy (non-hydrogen) atoms. The maximum atomic E-state index is 14.0. The van der Waals surface area contributed by atoms with Crippen LogP contribution in [0.3, 0.4) is 0 Å². The van der Waals surface area contributed by atoms with E-state index in [2.05, 4.69) is 15.0 Å². The third-order valence-corrected chi connectivity index (χ3v) is 4.60. The molecule has 0 unspecified atom stereocenters. The molecular formula is C17H20ClFN4O3. The number of halogens is 2. The third kappa shape index (κ3) is 3.96. The van der Waals surface area contributed by atoms with Crippen molar-refractivity contribution in [1.29, 1.82) is 0 Å². The van der Waals surface area contributed by atoms with Crippen LogP contribution >= 0.6 is 11.6 Å². The van der Waals surface area contributed by atoms with E-state index in [4.69, 9.17) is 20.9 Å². The summed E-state index contributed by atoms with van der Waals surface area (Å²) in [5.74, 6) is 0.0845. The number of hydrogen-bond donors (Lipinski definition) is 0. The fourth-order valence-corrected chi connectivity index (χ4v) is 3.02. The smallest absolute Gasteiger partial charge is 0.409 e. The van der Waals surface area contributed by atoms with E-state index in [-0.39, 0.29) is 23.6 Å². The first-order chi connectivity index (χ1) is 12.5. The molecule has 9 heteroatoms. The maximum absolute atomic E-state index is 14.0. The summed E-state index contributed by atoms with van der Waals surface area (Å²) in [7, 11) is 0. The van der Waals surface area contributed by atoms with E-state index in [9.17, 15) is 9.18 Å². The van der Waals surface area contributed by atoms with Gasteiger partial charge in [0.25, 0.3) is 5.89 Å². The van der Waals surface area contributed by atoms with Gasteiger partial charge in [0.1, 0.15) is 5.82 Å². The van der Waals surface area contributed by atoms with E-state index < -0.39 is 5.82 Å². The second-order valence-electron chi connectivity index (χ2n) is 5.98. The number of benzene rings is 1. The minimum atomic E-state index is -0.472. The van der Waals surface area contributed by atoms with Gasteiger partial charge in [0, 0.05) is 31.2 Å². The summed E-state index contributed by atoms with van der Waals surface area (Å²) in [5, 5.41) is 4.37. The fourth-order valence-electron chi connectivity index (χ4n) is 2.85. The molecule has 1 atom stereocenters. The van der Waals surface area contributed by atoms with Crippen molar-refractivity contribution < 1.29 is 18.4 Å². The number of rotatable bonds is 4. The molecule has 1 fully saturated rings. The molecular weight excluding hydrogens is 363 g/mol. The van der Waals surface area contributed by atoms with Crippen molar-refractivity contribution in [2.45, 2.75) is 19.9 Å². The lowest BCUT2D eigenvalue weighted by Gasteiger charge is -2.36. The summed E-state index contributed by atoms with van der Waals surface area (Å²) in [6, 6.07) is 4.05. The Kier molecular flexibility index (Phi) is 5.73. The van der Waals surface area contributed by atoms with Crippen LogP contribution in [0.5, 0.6) is 0 Å². The molecule has 1 aliphatic rings. The average molecular weight is 383 g/mol. The lowest BCUT2D eigenvalue weighted by Crippen LogP contribution is -2.49. The van der Waals surface area contributed by atoms with Crippen LogP contribution in [0.2, 0.25) is 5.02 Å². The average Bonchev–Trinajstić information content (AvgIpc) is 3.13. The lowest BCUT2D eigenvalue weighted by atomic mass is 10.2. The molecule has 0 aliphatic carbocycles. The Labute approximate surface area is 155 Å². The molecule has 1 aliphatic heterocycles. The summed E-state index contributed by atoms with van der Waals surface area (Å²) < 4.78 is 24.2. The van der Waals surface area contributed by atoms with Crippen LogP contribution in [0, 0.1) is 5.82 Å². The van der Waals surface area contributed by atoms with Crippen LogP contribution in [-0.4, -0.2) is 58.8 Å². The number of hydrogen-bond acceptors (Lipinski definition) is 6. The summed E-state index contributed by atoms with van der Waals surface area (Å²) in [5.41, 5.74) is 0.176. The van der Waals surface area contributed by atoms with Crippen molar-refractivity contribution in [1.82, 2.24) is 19.9 Å². The monoisotopic (exact) mass is 382 g/mol. The van der Waals surface area contributed by atoms with Gasteiger partial charge in [-0.3, -0.25) is 4.90 Å². The Bertz CT molecular complexity index is 777. The summed E-state index contributed by atoms with van der Waals surface area (Å²) in [6.07, 6.45) is -0.293. The molecule has 7 nitrogen and oxygen atoms in total. The number of amides is 1. The normalized spacial score (nSPS) is 16.5. The molecule has 2 heterocycles. The highest BCUT2D eigenvalue weighted by atomic mass is 35.5. The van der Waals surface area contributed by atoms with Gasteiger partial charge in [0.2, 0.25) is 0 Å². The second kappa shape index (κ2) is 8.01. The van der Waals surface area contributed by atoms with Gasteiger partial charge >= 0.3 is 6.09 Å². The van der Waals surface area contributed by atoms with Crippen molar-refractivity contribution in [2.75, 3.05) is 32.8 Å². The topological polar surface area (TPSA) is 71.7 Å². The van der Waals surface area contributed by atoms with Gasteiger partial charge < -0.3 is 14.2 Å². The predicted molar refractivity (Wildman–Crippen MR) is 93.3 cm³/mol. The standard InChI is InChI=1S/C17H20ClFN4O3/c1-3-25-17(24)23-8-6-22(7-9-23)11(2)15-20-16(26-21-15)13-10-12(18)4-5-14(13)19/h4-5,10-11H,3,6-9H2,1-2H3/t11-/m0/s1. The highest BCUT2D eigenvalue weighted by Crippen LogP contribution is 2.27. The summed E-state index contributed by atoms with van der Waals surface area (Å²) >= 11 is 5.91. The summed E-state index contributed by atoms with van der Waals surface area (Å²) in [6.45, 7) is 6.55. The minimum absolute atomic E-state index is 0.0945. The Balaban J connectivity index is 1.66. The highest BCUT2D eigenvalue weighted by Gasteiger charge is 2.28. The van der Waals surface area contributed by atoms with Gasteiger partial charge in [-0.15, -0.1) is 0 Å². The van der Waals surface area contributed by atoms with Crippen LogP contribution in [0.25, 0.3) is 11.5 Å². The van der Waals surface area contributed by atoms with Gasteiger partial charge in [-0.05, 0) is 32.0 Å². The predicted octanol–water partition coefficient (Wildman–Crippen LogP) is 3.36. The first-order valence-electron chi connectivity index (χ1n) is 8.44. The fraction of sp³-hybridized carbons (Fsp3) is 0.471. The quantitative estimate of drug-likeness (QED) is 0.807. The van der Waals surface area contributed by atoms with Crippen molar-refractivity contribution in [2.24, 2.45) is 0 Å². The van der Waals surface area contributed by atoms with Crippen LogP contribution in [-0.2, 0) is 4.74 Å². The van der Waals surface area contributed by atoms with Crippen LogP contribution in [0.15, 0.2) is 22.7 Å². The SMILES string of the molecule is CCOC(=O)N1CCN([C@@H](C)c2noc(-c3cc(Cl)ccc3F)n2)CC1. The number of carbonyl (C=O) groups is 1. The van der Waals surface area contributed by atoms with Gasteiger partial charge in [-0.2, -0.15) is 4.98 Å². The van der Waals surface area contributed by atoms with Gasteiger partial charge in [0.05, 0.1) is 18.2 Å². The molecule has 1 aromatic heterocycles. The first-order valence-corrected chi connectivity index (χ1v) is 8.82. The Morgan fingerprint density at radius 3 is 2.81 bits per heavy atom. The van der Waals surface area contributed by atoms with E-state index in [1.807, 2.05) is 6.92 Å². The molecule has 0 radical (unpaired) electrons. The zero-order valence-electron chi connectivity index (χ0n) is 14.6. The molecule has 0 N–H and O–H groups in total. The molecule has 1 amide bonds. The molecule has 3 rings (SSSR count). The van der Waals surface area contributed by atoms with Crippen molar-refractivity contribution in [3.8, 4) is 11.5 Å². The van der Waals surface area contributed by atoms with E-state index >= 15 is 0 Å². The maximum Gasteiger partial charge on any atom is 0.409 e. The zero-order valence-corrected chi connectivity index (χ0v) is 15.4. The van der Waals surface area contributed by atoms with Crippen molar-refractivity contribution in [3.05, 3.63) is 34.9 Å². The number of aromatic nitrogens is 2. The van der Waals surface area contributed by atoms with E-state index in [1.54, 1.807) is 11.8 Å². The molecule has 1 saturated heterocycles. The van der Waals surface area contributed by atoms with Crippen molar-refractivity contribution >= 4 is 17.7 Å². The third-order valence-electron chi connectivity index (χ3n) is 4.36. The van der Waals surface area contributed by atoms with E-state index in [0.717, 1.165) is 0 Å². The molecule has 0 spiro atoms. The highest BCUT2D eigenvalue weighted by molar-refractivity contribution is 6.30. The largest absolute Gasteiger partial charge is 0.450 e. The minimum Gasteiger partial charge on any atom is -0.450 e. The molecule has 1 aromatic carbocycles. The Morgan fingerprint density at radius 1 is 1.38 bits per heavy atom.